The molecule has 0 spiro atoms. The van der Waals surface area contributed by atoms with Gasteiger partial charge in [-0.3, -0.25) is 4.68 Å². The van der Waals surface area contributed by atoms with Gasteiger partial charge in [-0.2, -0.15) is 5.10 Å². The van der Waals surface area contributed by atoms with Crippen LogP contribution in [0.5, 0.6) is 0 Å². The molecule has 0 bridgehead atoms. The highest BCUT2D eigenvalue weighted by Crippen LogP contribution is 2.19. The number of hydrogen-bond donors (Lipinski definition) is 0. The van der Waals surface area contributed by atoms with Gasteiger partial charge in [0.2, 0.25) is 0 Å². The molecule has 3 aromatic rings. The van der Waals surface area contributed by atoms with Gasteiger partial charge in [0.15, 0.2) is 0 Å². The van der Waals surface area contributed by atoms with E-state index in [1.165, 1.54) is 10.9 Å². The van der Waals surface area contributed by atoms with E-state index in [1.54, 1.807) is 0 Å². The Hall–Kier alpha value is -2.35. The summed E-state index contributed by atoms with van der Waals surface area (Å²) in [5.74, 6) is 0. The van der Waals surface area contributed by atoms with Crippen LogP contribution in [0.2, 0.25) is 0 Å². The second-order valence-electron chi connectivity index (χ2n) is 4.27. The normalized spacial score (nSPS) is 11.4. The van der Waals surface area contributed by atoms with Crippen LogP contribution in [0.25, 0.3) is 23.1 Å². The predicted molar refractivity (Wildman–Crippen MR) is 76.1 cm³/mol. The first-order chi connectivity index (χ1) is 8.84. The van der Waals surface area contributed by atoms with Crippen molar-refractivity contribution in [2.45, 2.75) is 0 Å². The van der Waals surface area contributed by atoms with E-state index in [0.717, 1.165) is 11.2 Å². The third-order valence-corrected chi connectivity index (χ3v) is 3.02. The van der Waals surface area contributed by atoms with Crippen molar-refractivity contribution < 1.29 is 0 Å². The van der Waals surface area contributed by atoms with Crippen molar-refractivity contribution in [3.05, 3.63) is 65.9 Å². The molecule has 0 saturated carbocycles. The largest absolute Gasteiger partial charge is 0.267 e. The third kappa shape index (κ3) is 1.93. The summed E-state index contributed by atoms with van der Waals surface area (Å²) in [5.41, 5.74) is 3.36. The number of nitrogens with zero attached hydrogens (tertiary/aromatic N) is 2. The van der Waals surface area contributed by atoms with E-state index < -0.39 is 0 Å². The Balaban J connectivity index is 2.03. The lowest BCUT2D eigenvalue weighted by Crippen LogP contribution is -1.88. The number of benzene rings is 2. The van der Waals surface area contributed by atoms with E-state index >= 15 is 0 Å². The van der Waals surface area contributed by atoms with E-state index in [1.807, 2.05) is 42.1 Å². The maximum Gasteiger partial charge on any atom is 0.0929 e. The zero-order valence-electron chi connectivity index (χ0n) is 10.2. The monoisotopic (exact) mass is 234 g/mol. The molecule has 2 heteroatoms. The minimum atomic E-state index is 1.01. The summed E-state index contributed by atoms with van der Waals surface area (Å²) >= 11 is 0. The number of hydrogen-bond acceptors (Lipinski definition) is 1. The number of para-hydroxylation sites is 1. The standard InChI is InChI=1S/C16H14N2/c1-18-16-10-6-5-9-14(16)15(17-18)12-11-13-7-3-2-4-8-13/h2-12H,1H3/b12-11+. The lowest BCUT2D eigenvalue weighted by molar-refractivity contribution is 0.793. The van der Waals surface area contributed by atoms with Gasteiger partial charge in [0.25, 0.3) is 0 Å². The van der Waals surface area contributed by atoms with Crippen molar-refractivity contribution in [1.29, 1.82) is 0 Å². The smallest absolute Gasteiger partial charge is 0.0929 e. The summed E-state index contributed by atoms with van der Waals surface area (Å²) < 4.78 is 1.92. The Morgan fingerprint density at radius 1 is 0.889 bits per heavy atom. The van der Waals surface area contributed by atoms with Gasteiger partial charge in [-0.15, -0.1) is 0 Å². The number of aromatic nitrogens is 2. The lowest BCUT2D eigenvalue weighted by Gasteiger charge is -1.91. The van der Waals surface area contributed by atoms with Gasteiger partial charge < -0.3 is 0 Å². The molecule has 2 aromatic carbocycles. The van der Waals surface area contributed by atoms with Crippen molar-refractivity contribution >= 4 is 23.1 Å². The summed E-state index contributed by atoms with van der Waals surface area (Å²) in [4.78, 5) is 0. The topological polar surface area (TPSA) is 17.8 Å². The highest BCUT2D eigenvalue weighted by atomic mass is 15.3. The van der Waals surface area contributed by atoms with Gasteiger partial charge in [0.05, 0.1) is 11.2 Å². The van der Waals surface area contributed by atoms with Crippen LogP contribution in [-0.2, 0) is 7.05 Å². The van der Waals surface area contributed by atoms with E-state index in [9.17, 15) is 0 Å². The van der Waals surface area contributed by atoms with Crippen molar-refractivity contribution in [3.63, 3.8) is 0 Å². The van der Waals surface area contributed by atoms with Crippen LogP contribution in [0, 0.1) is 0 Å². The third-order valence-electron chi connectivity index (χ3n) is 3.02. The van der Waals surface area contributed by atoms with Crippen LogP contribution >= 0.6 is 0 Å². The molecule has 0 amide bonds. The molecule has 1 heterocycles. The molecule has 0 aliphatic carbocycles. The van der Waals surface area contributed by atoms with E-state index in [-0.39, 0.29) is 0 Å². The second-order valence-corrected chi connectivity index (χ2v) is 4.27. The van der Waals surface area contributed by atoms with Gasteiger partial charge in [-0.25, -0.2) is 0 Å². The Morgan fingerprint density at radius 2 is 1.61 bits per heavy atom. The first-order valence-corrected chi connectivity index (χ1v) is 5.99. The first kappa shape index (κ1) is 10.8. The number of rotatable bonds is 2. The molecular weight excluding hydrogens is 220 g/mol. The highest BCUT2D eigenvalue weighted by Gasteiger charge is 2.03. The molecule has 0 atom stereocenters. The molecule has 2 nitrogen and oxygen atoms in total. The van der Waals surface area contributed by atoms with Gasteiger partial charge in [-0.05, 0) is 17.7 Å². The van der Waals surface area contributed by atoms with E-state index in [0.29, 0.717) is 0 Å². The first-order valence-electron chi connectivity index (χ1n) is 5.99. The molecule has 1 aromatic heterocycles. The Labute approximate surface area is 106 Å². The van der Waals surface area contributed by atoms with Crippen molar-refractivity contribution in [2.75, 3.05) is 0 Å². The summed E-state index contributed by atoms with van der Waals surface area (Å²) in [6.45, 7) is 0. The van der Waals surface area contributed by atoms with E-state index in [2.05, 4.69) is 41.5 Å². The molecule has 3 rings (SSSR count). The van der Waals surface area contributed by atoms with Gasteiger partial charge in [-0.1, -0.05) is 54.6 Å². The minimum absolute atomic E-state index is 1.01. The fourth-order valence-electron chi connectivity index (χ4n) is 2.10. The molecule has 0 fully saturated rings. The van der Waals surface area contributed by atoms with E-state index in [4.69, 9.17) is 0 Å². The van der Waals surface area contributed by atoms with Crippen LogP contribution in [0.15, 0.2) is 54.6 Å². The average molecular weight is 234 g/mol. The second kappa shape index (κ2) is 4.49. The van der Waals surface area contributed by atoms with Crippen molar-refractivity contribution in [1.82, 2.24) is 9.78 Å². The fraction of sp³-hybridized carbons (Fsp3) is 0.0625. The van der Waals surface area contributed by atoms with Gasteiger partial charge >= 0.3 is 0 Å². The summed E-state index contributed by atoms with van der Waals surface area (Å²) in [6.07, 6.45) is 4.16. The Bertz CT molecular complexity index is 693. The summed E-state index contributed by atoms with van der Waals surface area (Å²) in [5, 5.41) is 5.72. The molecule has 0 radical (unpaired) electrons. The Kier molecular flexibility index (Phi) is 2.69. The summed E-state index contributed by atoms with van der Waals surface area (Å²) in [7, 11) is 1.97. The molecular formula is C16H14N2. The van der Waals surface area contributed by atoms with Crippen molar-refractivity contribution in [2.24, 2.45) is 7.05 Å². The average Bonchev–Trinajstić information content (AvgIpc) is 2.75. The van der Waals surface area contributed by atoms with Crippen LogP contribution in [0.3, 0.4) is 0 Å². The highest BCUT2D eigenvalue weighted by molar-refractivity contribution is 5.89. The zero-order valence-corrected chi connectivity index (χ0v) is 10.2. The van der Waals surface area contributed by atoms with Crippen LogP contribution in [0.1, 0.15) is 11.3 Å². The van der Waals surface area contributed by atoms with Crippen LogP contribution < -0.4 is 0 Å². The molecule has 0 aliphatic heterocycles. The zero-order chi connectivity index (χ0) is 12.4. The van der Waals surface area contributed by atoms with Crippen LogP contribution in [0.4, 0.5) is 0 Å². The molecule has 0 saturated heterocycles. The van der Waals surface area contributed by atoms with Crippen molar-refractivity contribution in [3.8, 4) is 0 Å². The maximum atomic E-state index is 4.53. The Morgan fingerprint density at radius 3 is 2.44 bits per heavy atom. The summed E-state index contributed by atoms with van der Waals surface area (Å²) in [6, 6.07) is 18.5. The molecule has 18 heavy (non-hydrogen) atoms. The SMILES string of the molecule is Cn1nc(/C=C/c2ccccc2)c2ccccc21. The fourth-order valence-corrected chi connectivity index (χ4v) is 2.10. The molecule has 0 N–H and O–H groups in total. The quantitative estimate of drug-likeness (QED) is 0.660. The minimum Gasteiger partial charge on any atom is -0.267 e. The van der Waals surface area contributed by atoms with Gasteiger partial charge in [0, 0.05) is 12.4 Å². The molecule has 0 unspecified atom stereocenters. The van der Waals surface area contributed by atoms with Gasteiger partial charge in [0.1, 0.15) is 0 Å². The predicted octanol–water partition coefficient (Wildman–Crippen LogP) is 3.74. The number of aryl methyl sites for hydroxylation is 1. The lowest BCUT2D eigenvalue weighted by atomic mass is 10.1. The van der Waals surface area contributed by atoms with Crippen LogP contribution in [-0.4, -0.2) is 9.78 Å². The number of fused-ring (bicyclic) bond motifs is 1. The molecule has 88 valence electrons. The maximum absolute atomic E-state index is 4.53. The molecule has 0 aliphatic rings.